The number of Topliss-reactive ketones (excluding diaryl/α,β-unsaturated/α-hetero) is 1. The van der Waals surface area contributed by atoms with E-state index >= 15 is 0 Å². The minimum Gasteiger partial charge on any atom is -0.465 e. The van der Waals surface area contributed by atoms with Crippen LogP contribution in [0.2, 0.25) is 0 Å². The van der Waals surface area contributed by atoms with E-state index in [9.17, 15) is 84.2 Å². The fourth-order valence-corrected chi connectivity index (χ4v) is 2.09. The molecule has 0 aliphatic carbocycles. The Morgan fingerprint density at radius 2 is 0.914 bits per heavy atom. The van der Waals surface area contributed by atoms with E-state index < -0.39 is 85.3 Å². The van der Waals surface area contributed by atoms with E-state index in [1.165, 1.54) is 0 Å². The van der Waals surface area contributed by atoms with Crippen molar-refractivity contribution in [2.75, 3.05) is 6.61 Å². The van der Waals surface area contributed by atoms with Gasteiger partial charge in [0.05, 0.1) is 6.61 Å². The number of esters is 1. The number of rotatable bonds is 12. The van der Waals surface area contributed by atoms with Gasteiger partial charge in [-0.15, -0.1) is 0 Å². The lowest BCUT2D eigenvalue weighted by Crippen LogP contribution is -2.74. The van der Waals surface area contributed by atoms with Crippen LogP contribution in [0.25, 0.3) is 0 Å². The highest BCUT2D eigenvalue weighted by Gasteiger charge is 2.95. The maximum atomic E-state index is 13.6. The van der Waals surface area contributed by atoms with Crippen molar-refractivity contribution in [3.63, 3.8) is 0 Å². The Hall–Kier alpha value is -2.05. The van der Waals surface area contributed by atoms with Crippen LogP contribution in [0.1, 0.15) is 26.2 Å². The van der Waals surface area contributed by atoms with Crippen LogP contribution in [0.4, 0.5) is 74.6 Å². The zero-order valence-corrected chi connectivity index (χ0v) is 16.5. The zero-order valence-electron chi connectivity index (χ0n) is 16.5. The highest BCUT2D eigenvalue weighted by Crippen LogP contribution is 2.64. The van der Waals surface area contributed by atoms with E-state index in [1.54, 1.807) is 0 Å². The zero-order chi connectivity index (χ0) is 28.7. The second-order valence-electron chi connectivity index (χ2n) is 6.85. The van der Waals surface area contributed by atoms with Crippen molar-refractivity contribution in [3.8, 4) is 0 Å². The molecule has 0 N–H and O–H groups in total. The van der Waals surface area contributed by atoms with Crippen LogP contribution in [-0.4, -0.2) is 66.0 Å². The largest absolute Gasteiger partial charge is 0.465 e. The highest BCUT2D eigenvalue weighted by atomic mass is 19.4. The van der Waals surface area contributed by atoms with Crippen LogP contribution in [0, 0.1) is 0 Å². The normalized spacial score (nSPS) is 15.3. The molecule has 0 bridgehead atoms. The molecule has 0 saturated carbocycles. The van der Waals surface area contributed by atoms with Gasteiger partial charge in [0.1, 0.15) is 12.2 Å². The summed E-state index contributed by atoms with van der Waals surface area (Å²) >= 11 is 0. The van der Waals surface area contributed by atoms with Gasteiger partial charge < -0.3 is 4.74 Å². The summed E-state index contributed by atoms with van der Waals surface area (Å²) in [5, 5.41) is 0. The van der Waals surface area contributed by atoms with Gasteiger partial charge in [0.2, 0.25) is 0 Å². The summed E-state index contributed by atoms with van der Waals surface area (Å²) in [5.41, 5.74) is 0. The predicted molar refractivity (Wildman–Crippen MR) is 76.2 cm³/mol. The molecule has 0 aliphatic heterocycles. The minimum absolute atomic E-state index is 0.822. The Balaban J connectivity index is 6.08. The van der Waals surface area contributed by atoms with Gasteiger partial charge in [-0.25, -0.2) is 0 Å². The number of hydrogen-bond donors (Lipinski definition) is 0. The van der Waals surface area contributed by atoms with Gasteiger partial charge in [-0.1, -0.05) is 0 Å². The molecule has 0 heterocycles. The molecule has 0 spiro atoms. The fourth-order valence-electron chi connectivity index (χ4n) is 2.09. The van der Waals surface area contributed by atoms with Crippen LogP contribution < -0.4 is 0 Å². The Labute approximate surface area is 182 Å². The lowest BCUT2D eigenvalue weighted by Gasteiger charge is -2.42. The summed E-state index contributed by atoms with van der Waals surface area (Å²) in [6.45, 7) is -0.548. The molecule has 208 valence electrons. The Morgan fingerprint density at radius 3 is 1.26 bits per heavy atom. The first-order valence-corrected chi connectivity index (χ1v) is 8.42. The average molecular weight is 562 g/mol. The molecule has 0 aromatic carbocycles. The molecule has 3 nitrogen and oxygen atoms in total. The summed E-state index contributed by atoms with van der Waals surface area (Å²) in [6.07, 6.45) is -13.1. The number of ether oxygens (including phenoxy) is 1. The summed E-state index contributed by atoms with van der Waals surface area (Å²) < 4.78 is 226. The van der Waals surface area contributed by atoms with Gasteiger partial charge in [-0.2, -0.15) is 74.6 Å². The molecule has 0 unspecified atom stereocenters. The van der Waals surface area contributed by atoms with Crippen molar-refractivity contribution in [2.45, 2.75) is 73.8 Å². The number of carbonyl (C=O) groups is 2. The number of alkyl halides is 17. The quantitative estimate of drug-likeness (QED) is 0.122. The summed E-state index contributed by atoms with van der Waals surface area (Å²) in [7, 11) is 0. The number of hydrogen-bond acceptors (Lipinski definition) is 3. The monoisotopic (exact) mass is 562 g/mol. The Bertz CT molecular complexity index is 784. The number of carbonyl (C=O) groups excluding carboxylic acids is 2. The van der Waals surface area contributed by atoms with E-state index in [0.717, 1.165) is 6.92 Å². The summed E-state index contributed by atoms with van der Waals surface area (Å²) in [5.74, 6) is -59.0. The van der Waals surface area contributed by atoms with Gasteiger partial charge in [0.25, 0.3) is 0 Å². The molecule has 35 heavy (non-hydrogen) atoms. The molecule has 20 heteroatoms. The van der Waals surface area contributed by atoms with Crippen molar-refractivity contribution < 1.29 is 89.0 Å². The van der Waals surface area contributed by atoms with Crippen molar-refractivity contribution in [3.05, 3.63) is 0 Å². The Kier molecular flexibility index (Phi) is 8.88. The van der Waals surface area contributed by atoms with Crippen LogP contribution in [-0.2, 0) is 14.3 Å². The first-order chi connectivity index (χ1) is 15.1. The maximum Gasteiger partial charge on any atom is 0.460 e. The van der Waals surface area contributed by atoms with Gasteiger partial charge in [-0.3, -0.25) is 9.59 Å². The van der Waals surface area contributed by atoms with Crippen LogP contribution >= 0.6 is 0 Å². The molecule has 0 aromatic heterocycles. The molecule has 0 fully saturated rings. The van der Waals surface area contributed by atoms with Gasteiger partial charge >= 0.3 is 53.6 Å². The standard InChI is InChI=1S/C15H11F17O3/c1-6(33)5-7(34)35-4-2-3-8(16,17)9(18,19)10(20,21)11(22,23)12(24,25)13(26,27)14(28,29)15(30,31)32/h2-5H2,1H3. The topological polar surface area (TPSA) is 43.4 Å². The van der Waals surface area contributed by atoms with E-state index in [4.69, 9.17) is 0 Å². The molecule has 0 aliphatic rings. The predicted octanol–water partition coefficient (Wildman–Crippen LogP) is 6.30. The third-order valence-electron chi connectivity index (χ3n) is 4.08. The molecule has 0 rings (SSSR count). The summed E-state index contributed by atoms with van der Waals surface area (Å²) in [6, 6.07) is 0. The second kappa shape index (κ2) is 9.44. The number of halogens is 17. The SMILES string of the molecule is CC(=O)CC(=O)OCCCC(F)(F)C(F)(F)C(F)(F)C(F)(F)C(F)(F)C(F)(F)C(F)(F)C(F)(F)F. The third-order valence-corrected chi connectivity index (χ3v) is 4.08. The number of ketones is 1. The van der Waals surface area contributed by atoms with Gasteiger partial charge in [0.15, 0.2) is 0 Å². The first-order valence-electron chi connectivity index (χ1n) is 8.42. The highest BCUT2D eigenvalue weighted by molar-refractivity contribution is 5.94. The molecule has 0 atom stereocenters. The van der Waals surface area contributed by atoms with Crippen LogP contribution in [0.3, 0.4) is 0 Å². The maximum absolute atomic E-state index is 13.6. The Morgan fingerprint density at radius 1 is 0.571 bits per heavy atom. The first kappa shape index (κ1) is 32.9. The molecule has 0 amide bonds. The molecular formula is C15H11F17O3. The second-order valence-corrected chi connectivity index (χ2v) is 6.85. The summed E-state index contributed by atoms with van der Waals surface area (Å²) in [4.78, 5) is 21.5. The van der Waals surface area contributed by atoms with E-state index in [1.807, 2.05) is 0 Å². The molecular weight excluding hydrogens is 551 g/mol. The van der Waals surface area contributed by atoms with Gasteiger partial charge in [-0.05, 0) is 13.3 Å². The van der Waals surface area contributed by atoms with E-state index in [0.29, 0.717) is 0 Å². The minimum atomic E-state index is -8.68. The lowest BCUT2D eigenvalue weighted by molar-refractivity contribution is -0.461. The molecule has 0 radical (unpaired) electrons. The molecule has 0 aromatic rings. The van der Waals surface area contributed by atoms with Crippen molar-refractivity contribution in [2.24, 2.45) is 0 Å². The average Bonchev–Trinajstić information content (AvgIpc) is 2.62. The van der Waals surface area contributed by atoms with Crippen LogP contribution in [0.5, 0.6) is 0 Å². The fraction of sp³-hybridized carbons (Fsp3) is 0.867. The molecule has 0 saturated heterocycles. The van der Waals surface area contributed by atoms with Crippen molar-refractivity contribution in [1.82, 2.24) is 0 Å². The van der Waals surface area contributed by atoms with E-state index in [-0.39, 0.29) is 0 Å². The van der Waals surface area contributed by atoms with Crippen molar-refractivity contribution in [1.29, 1.82) is 0 Å². The lowest BCUT2D eigenvalue weighted by atomic mass is 9.88. The van der Waals surface area contributed by atoms with E-state index in [2.05, 4.69) is 4.74 Å². The third kappa shape index (κ3) is 5.39. The van der Waals surface area contributed by atoms with Crippen molar-refractivity contribution >= 4 is 11.8 Å². The van der Waals surface area contributed by atoms with Crippen LogP contribution in [0.15, 0.2) is 0 Å². The smallest absolute Gasteiger partial charge is 0.460 e. The van der Waals surface area contributed by atoms with Gasteiger partial charge in [0, 0.05) is 6.42 Å².